The topological polar surface area (TPSA) is 64.7 Å². The third-order valence-corrected chi connectivity index (χ3v) is 3.62. The number of nitrogens with zero attached hydrogens (tertiary/aromatic N) is 4. The fraction of sp³-hybridized carbons (Fsp3) is 0.188. The number of carbonyl (C=O) groups is 1. The Morgan fingerprint density at radius 3 is 2.73 bits per heavy atom. The lowest BCUT2D eigenvalue weighted by molar-refractivity contribution is -0.141. The second-order valence-electron chi connectivity index (χ2n) is 5.50. The number of hydrogen-bond acceptors (Lipinski definition) is 3. The largest absolute Gasteiger partial charge is 0.435 e. The maximum atomic E-state index is 12.5. The number of benzene rings is 1. The molecule has 0 fully saturated rings. The van der Waals surface area contributed by atoms with Crippen molar-refractivity contribution in [3.05, 3.63) is 65.2 Å². The van der Waals surface area contributed by atoms with E-state index in [0.29, 0.717) is 17.3 Å². The Morgan fingerprint density at radius 1 is 1.23 bits per heavy atom. The van der Waals surface area contributed by atoms with Crippen LogP contribution in [0.25, 0.3) is 0 Å². The minimum Gasteiger partial charge on any atom is -0.322 e. The molecule has 0 bridgehead atoms. The number of rotatable bonds is 5. The van der Waals surface area contributed by atoms with Crippen LogP contribution in [0.3, 0.4) is 0 Å². The first-order valence-corrected chi connectivity index (χ1v) is 7.85. The Kier molecular flexibility index (Phi) is 4.99. The van der Waals surface area contributed by atoms with Gasteiger partial charge in [0.25, 0.3) is 0 Å². The Balaban J connectivity index is 1.58. The van der Waals surface area contributed by atoms with E-state index in [1.54, 1.807) is 23.0 Å². The second kappa shape index (κ2) is 7.20. The summed E-state index contributed by atoms with van der Waals surface area (Å²) < 4.78 is 40.0. The fourth-order valence-corrected chi connectivity index (χ4v) is 2.50. The van der Waals surface area contributed by atoms with E-state index in [1.165, 1.54) is 6.20 Å². The van der Waals surface area contributed by atoms with Crippen molar-refractivity contribution in [2.75, 3.05) is 5.32 Å². The van der Waals surface area contributed by atoms with Gasteiger partial charge in [0, 0.05) is 17.4 Å². The zero-order valence-corrected chi connectivity index (χ0v) is 14.0. The van der Waals surface area contributed by atoms with Crippen molar-refractivity contribution in [2.24, 2.45) is 0 Å². The SMILES string of the molecule is O=C(Cn1ccc(C(F)(F)F)n1)Nc1cnn(Cc2cccc(Cl)c2)c1. The molecule has 136 valence electrons. The fourth-order valence-electron chi connectivity index (χ4n) is 2.29. The predicted octanol–water partition coefficient (Wildman–Crippen LogP) is 3.44. The van der Waals surface area contributed by atoms with Crippen LogP contribution in [0, 0.1) is 0 Å². The van der Waals surface area contributed by atoms with Crippen LogP contribution in [-0.2, 0) is 24.1 Å². The van der Waals surface area contributed by atoms with Gasteiger partial charge in [-0.05, 0) is 23.8 Å². The summed E-state index contributed by atoms with van der Waals surface area (Å²) in [7, 11) is 0. The Morgan fingerprint density at radius 2 is 2.04 bits per heavy atom. The monoisotopic (exact) mass is 383 g/mol. The molecule has 0 aliphatic rings. The molecule has 2 heterocycles. The van der Waals surface area contributed by atoms with Crippen molar-refractivity contribution in [1.29, 1.82) is 0 Å². The molecule has 0 radical (unpaired) electrons. The third-order valence-electron chi connectivity index (χ3n) is 3.39. The minimum atomic E-state index is -4.54. The highest BCUT2D eigenvalue weighted by molar-refractivity contribution is 6.30. The number of anilines is 1. The lowest BCUT2D eigenvalue weighted by Gasteiger charge is -2.04. The highest BCUT2D eigenvalue weighted by atomic mass is 35.5. The molecule has 1 aromatic carbocycles. The average Bonchev–Trinajstić information content (AvgIpc) is 3.16. The number of nitrogens with one attached hydrogen (secondary N) is 1. The number of carbonyl (C=O) groups excluding carboxylic acids is 1. The molecule has 2 aromatic heterocycles. The van der Waals surface area contributed by atoms with E-state index in [-0.39, 0.29) is 6.54 Å². The molecule has 0 spiro atoms. The first-order valence-electron chi connectivity index (χ1n) is 7.47. The summed E-state index contributed by atoms with van der Waals surface area (Å²) in [6.07, 6.45) is -0.371. The van der Waals surface area contributed by atoms with Crippen LogP contribution in [0.15, 0.2) is 48.9 Å². The van der Waals surface area contributed by atoms with Gasteiger partial charge in [-0.1, -0.05) is 23.7 Å². The van der Waals surface area contributed by atoms with Crippen LogP contribution >= 0.6 is 11.6 Å². The average molecular weight is 384 g/mol. The Hall–Kier alpha value is -2.81. The van der Waals surface area contributed by atoms with Gasteiger partial charge >= 0.3 is 6.18 Å². The van der Waals surface area contributed by atoms with E-state index >= 15 is 0 Å². The molecule has 26 heavy (non-hydrogen) atoms. The normalized spacial score (nSPS) is 11.5. The summed E-state index contributed by atoms with van der Waals surface area (Å²) in [5.74, 6) is -0.510. The molecule has 0 aliphatic carbocycles. The summed E-state index contributed by atoms with van der Waals surface area (Å²) in [6, 6.07) is 8.10. The van der Waals surface area contributed by atoms with Crippen LogP contribution in [-0.4, -0.2) is 25.5 Å². The van der Waals surface area contributed by atoms with Gasteiger partial charge in [-0.25, -0.2) is 0 Å². The van der Waals surface area contributed by atoms with E-state index < -0.39 is 17.8 Å². The first kappa shape index (κ1) is 18.0. The standard InChI is InChI=1S/C16H13ClF3N5O/c17-12-3-1-2-11(6-12)8-25-9-13(7-21-25)22-15(26)10-24-5-4-14(23-24)16(18,19)20/h1-7,9H,8,10H2,(H,22,26). The van der Waals surface area contributed by atoms with E-state index in [9.17, 15) is 18.0 Å². The molecule has 3 aromatic rings. The van der Waals surface area contributed by atoms with Crippen molar-refractivity contribution >= 4 is 23.2 Å². The van der Waals surface area contributed by atoms with Gasteiger partial charge < -0.3 is 5.32 Å². The van der Waals surface area contributed by atoms with Crippen molar-refractivity contribution in [2.45, 2.75) is 19.3 Å². The number of amides is 1. The van der Waals surface area contributed by atoms with Gasteiger partial charge in [0.1, 0.15) is 6.54 Å². The molecular weight excluding hydrogens is 371 g/mol. The van der Waals surface area contributed by atoms with Crippen molar-refractivity contribution in [3.63, 3.8) is 0 Å². The quantitative estimate of drug-likeness (QED) is 0.734. The van der Waals surface area contributed by atoms with Crippen LogP contribution < -0.4 is 5.32 Å². The molecule has 1 N–H and O–H groups in total. The zero-order valence-electron chi connectivity index (χ0n) is 13.2. The smallest absolute Gasteiger partial charge is 0.322 e. The molecule has 0 saturated carbocycles. The predicted molar refractivity (Wildman–Crippen MR) is 88.6 cm³/mol. The lowest BCUT2D eigenvalue weighted by atomic mass is 10.2. The number of alkyl halides is 3. The number of hydrogen-bond donors (Lipinski definition) is 1. The zero-order chi connectivity index (χ0) is 18.7. The van der Waals surface area contributed by atoms with Gasteiger partial charge in [-0.15, -0.1) is 0 Å². The Bertz CT molecular complexity index is 919. The van der Waals surface area contributed by atoms with Gasteiger partial charge in [-0.2, -0.15) is 23.4 Å². The molecule has 0 aliphatic heterocycles. The van der Waals surface area contributed by atoms with Gasteiger partial charge in [0.05, 0.1) is 18.4 Å². The van der Waals surface area contributed by atoms with E-state index in [2.05, 4.69) is 15.5 Å². The summed E-state index contributed by atoms with van der Waals surface area (Å²) in [4.78, 5) is 11.9. The second-order valence-corrected chi connectivity index (χ2v) is 5.94. The molecule has 10 heteroatoms. The highest BCUT2D eigenvalue weighted by Gasteiger charge is 2.33. The van der Waals surface area contributed by atoms with Crippen LogP contribution in [0.4, 0.5) is 18.9 Å². The number of aromatic nitrogens is 4. The molecule has 0 atom stereocenters. The maximum Gasteiger partial charge on any atom is 0.435 e. The van der Waals surface area contributed by atoms with Gasteiger partial charge in [0.2, 0.25) is 5.91 Å². The molecule has 3 rings (SSSR count). The molecule has 0 unspecified atom stereocenters. The van der Waals surface area contributed by atoms with E-state index in [1.807, 2.05) is 12.1 Å². The molecule has 0 saturated heterocycles. The van der Waals surface area contributed by atoms with E-state index in [4.69, 9.17) is 11.6 Å². The van der Waals surface area contributed by atoms with Gasteiger partial charge in [-0.3, -0.25) is 14.2 Å². The molecule has 6 nitrogen and oxygen atoms in total. The first-order chi connectivity index (χ1) is 12.3. The van der Waals surface area contributed by atoms with Crippen molar-refractivity contribution in [1.82, 2.24) is 19.6 Å². The Labute approximate surface area is 151 Å². The number of halogens is 4. The van der Waals surface area contributed by atoms with Gasteiger partial charge in [0.15, 0.2) is 5.69 Å². The third kappa shape index (κ3) is 4.63. The molecule has 1 amide bonds. The summed E-state index contributed by atoms with van der Waals surface area (Å²) in [6.45, 7) is 0.125. The van der Waals surface area contributed by atoms with Crippen LogP contribution in [0.2, 0.25) is 5.02 Å². The highest BCUT2D eigenvalue weighted by Crippen LogP contribution is 2.27. The van der Waals surface area contributed by atoms with Crippen molar-refractivity contribution < 1.29 is 18.0 Å². The minimum absolute atomic E-state index is 0.338. The van der Waals surface area contributed by atoms with E-state index in [0.717, 1.165) is 22.5 Å². The van der Waals surface area contributed by atoms with Crippen LogP contribution in [0.5, 0.6) is 0 Å². The summed E-state index contributed by atoms with van der Waals surface area (Å²) in [5.41, 5.74) is 0.328. The summed E-state index contributed by atoms with van der Waals surface area (Å²) >= 11 is 5.93. The maximum absolute atomic E-state index is 12.5. The van der Waals surface area contributed by atoms with Crippen molar-refractivity contribution in [3.8, 4) is 0 Å². The summed E-state index contributed by atoms with van der Waals surface area (Å²) in [5, 5.41) is 10.6. The molecular formula is C16H13ClF3N5O. The van der Waals surface area contributed by atoms with Crippen LogP contribution in [0.1, 0.15) is 11.3 Å². The lowest BCUT2D eigenvalue weighted by Crippen LogP contribution is -2.19.